The second-order valence-corrected chi connectivity index (χ2v) is 22.4. The number of rotatable bonds is 13. The normalized spacial score (nSPS) is 11.9. The minimum Gasteiger partial charge on any atom is -0.505 e. The number of anilines is 6. The predicted molar refractivity (Wildman–Crippen MR) is 341 cm³/mol. The number of nitrogens with zero attached hydrogens (tertiary/aromatic N) is 2. The van der Waals surface area contributed by atoms with E-state index in [0.29, 0.717) is 5.69 Å². The molecule has 12 aromatic carbocycles. The highest BCUT2D eigenvalue weighted by atomic mass is 16.3. The number of aryl methyl sites for hydroxylation is 4. The van der Waals surface area contributed by atoms with Crippen LogP contribution in [0.25, 0.3) is 87.6 Å². The van der Waals surface area contributed by atoms with Gasteiger partial charge >= 0.3 is 0 Å². The molecule has 0 aliphatic carbocycles. The lowest BCUT2D eigenvalue weighted by molar-refractivity contribution is 0.478. The van der Waals surface area contributed by atoms with Crippen LogP contribution in [0.15, 0.2) is 217 Å². The van der Waals surface area contributed by atoms with Crippen molar-refractivity contribution in [2.24, 2.45) is 0 Å². The molecule has 0 unspecified atom stereocenters. The highest BCUT2D eigenvalue weighted by Gasteiger charge is 2.29. The van der Waals surface area contributed by atoms with Gasteiger partial charge < -0.3 is 19.3 Å². The van der Waals surface area contributed by atoms with Gasteiger partial charge in [-0.2, -0.15) is 0 Å². The molecule has 0 saturated carbocycles. The quantitative estimate of drug-likeness (QED) is 0.117. The molecule has 0 amide bonds. The van der Waals surface area contributed by atoms with Crippen LogP contribution in [0, 0.1) is 13.8 Å². The van der Waals surface area contributed by atoms with Gasteiger partial charge in [0.25, 0.3) is 0 Å². The number of phenolic OH excluding ortho intramolecular Hbond substituents is 1. The third kappa shape index (κ3) is 8.36. The van der Waals surface area contributed by atoms with Gasteiger partial charge in [0.05, 0.1) is 22.7 Å². The summed E-state index contributed by atoms with van der Waals surface area (Å²) in [6.07, 6.45) is 1.86. The number of hydrogen-bond acceptors (Lipinski definition) is 4. The van der Waals surface area contributed by atoms with Crippen LogP contribution in [0.1, 0.15) is 86.8 Å². The van der Waals surface area contributed by atoms with Gasteiger partial charge in [-0.25, -0.2) is 0 Å². The fourth-order valence-corrected chi connectivity index (χ4v) is 12.9. The molecule has 80 heavy (non-hydrogen) atoms. The van der Waals surface area contributed by atoms with Gasteiger partial charge in [-0.15, -0.1) is 0 Å². The lowest BCUT2D eigenvalue weighted by Crippen LogP contribution is -2.13. The Morgan fingerprint density at radius 2 is 0.825 bits per heavy atom. The summed E-state index contributed by atoms with van der Waals surface area (Å²) in [7, 11) is 0. The van der Waals surface area contributed by atoms with Crippen molar-refractivity contribution in [1.29, 1.82) is 0 Å². The van der Waals surface area contributed by atoms with E-state index in [1.807, 2.05) is 6.07 Å². The number of hydrogen-bond donors (Lipinski definition) is 1. The fraction of sp³-hybridized carbons (Fsp3) is 0.158. The first-order valence-corrected chi connectivity index (χ1v) is 28.6. The second-order valence-electron chi connectivity index (χ2n) is 22.4. The van der Waals surface area contributed by atoms with Crippen molar-refractivity contribution in [2.75, 3.05) is 9.80 Å². The molecule has 4 heteroatoms. The molecule has 1 aromatic heterocycles. The van der Waals surface area contributed by atoms with Crippen LogP contribution in [0.2, 0.25) is 0 Å². The lowest BCUT2D eigenvalue weighted by atomic mass is 9.84. The van der Waals surface area contributed by atoms with E-state index < -0.39 is 0 Å². The average Bonchev–Trinajstić information content (AvgIpc) is 4.03. The van der Waals surface area contributed by atoms with Crippen molar-refractivity contribution < 1.29 is 9.52 Å². The van der Waals surface area contributed by atoms with Crippen molar-refractivity contribution in [3.8, 4) is 39.1 Å². The SMILES string of the molecule is CCc1ccccc1-c1cccc(-c2cccc(N(c3cccc(C)c3)c3cc(C(C)C)c4ccc5c(N(c6cccc(C)c6)c6cccc7c6oc6c(-c8ccccc8CC)cccc67)cc(C(C)C)c6ccc3c4c65)c2O)c1. The van der Waals surface area contributed by atoms with Crippen LogP contribution in [0.3, 0.4) is 0 Å². The molecule has 0 aliphatic rings. The molecule has 1 N–H and O–H groups in total. The summed E-state index contributed by atoms with van der Waals surface area (Å²) in [6.45, 7) is 18.0. The summed E-state index contributed by atoms with van der Waals surface area (Å²) in [4.78, 5) is 4.76. The summed E-state index contributed by atoms with van der Waals surface area (Å²) < 4.78 is 7.32. The number of fused-ring (bicyclic) bond motifs is 3. The van der Waals surface area contributed by atoms with Crippen LogP contribution in [0.4, 0.5) is 34.1 Å². The Bertz CT molecular complexity index is 4520. The van der Waals surface area contributed by atoms with Crippen molar-refractivity contribution in [2.45, 2.75) is 80.1 Å². The lowest BCUT2D eigenvalue weighted by Gasteiger charge is -2.32. The first kappa shape index (κ1) is 50.4. The Balaban J connectivity index is 1.08. The zero-order valence-corrected chi connectivity index (χ0v) is 47.0. The first-order valence-electron chi connectivity index (χ1n) is 28.6. The number of benzene rings is 12. The zero-order valence-electron chi connectivity index (χ0n) is 47.0. The average molecular weight is 1040 g/mol. The fourth-order valence-electron chi connectivity index (χ4n) is 12.9. The van der Waals surface area contributed by atoms with E-state index in [4.69, 9.17) is 4.42 Å². The summed E-state index contributed by atoms with van der Waals surface area (Å²) in [5.41, 5.74) is 21.4. The maximum absolute atomic E-state index is 13.0. The van der Waals surface area contributed by atoms with Crippen LogP contribution in [-0.2, 0) is 12.8 Å². The molecule has 0 spiro atoms. The molecular formula is C76H66N2O2. The molecule has 0 fully saturated rings. The summed E-state index contributed by atoms with van der Waals surface area (Å²) in [5, 5.41) is 22.3. The Labute approximate surface area is 470 Å². The second kappa shape index (κ2) is 20.3. The van der Waals surface area contributed by atoms with Crippen molar-refractivity contribution in [1.82, 2.24) is 0 Å². The van der Waals surface area contributed by atoms with Crippen molar-refractivity contribution in [3.05, 3.63) is 246 Å². The predicted octanol–water partition coefficient (Wildman–Crippen LogP) is 22.1. The number of para-hydroxylation sites is 3. The zero-order chi connectivity index (χ0) is 54.9. The molecular weight excluding hydrogens is 973 g/mol. The standard InChI is InChI=1S/C76H66N2O2/c1-9-50-23-11-13-29-56(50)52-25-17-26-53(43-52)58-31-19-35-68(74(58)79)77(54-27-15-21-48(7)41-54)70-44-66(46(3)4)59-38-40-65-71(45-67(47(5)6)60-37-39-64(70)72(59)73(60)65)78(55-28-16-22-49(8)42-55)69-36-20-34-63-62-33-18-32-61(75(62)80-76(63)69)57-30-14-12-24-51(57)10-2/h11-47,79H,9-10H2,1-8H3. The van der Waals surface area contributed by atoms with Gasteiger partial charge in [0.1, 0.15) is 11.3 Å². The summed E-state index contributed by atoms with van der Waals surface area (Å²) in [5.74, 6) is 0.604. The minimum atomic E-state index is 0.180. The summed E-state index contributed by atoms with van der Waals surface area (Å²) in [6, 6.07) is 77.2. The van der Waals surface area contributed by atoms with Gasteiger partial charge in [-0.3, -0.25) is 0 Å². The molecule has 0 atom stereocenters. The Morgan fingerprint density at radius 3 is 1.41 bits per heavy atom. The van der Waals surface area contributed by atoms with Crippen LogP contribution in [0.5, 0.6) is 5.75 Å². The van der Waals surface area contributed by atoms with Gasteiger partial charge in [0.2, 0.25) is 0 Å². The molecule has 13 aromatic rings. The van der Waals surface area contributed by atoms with Gasteiger partial charge in [0, 0.05) is 44.0 Å². The number of aromatic hydroxyl groups is 1. The molecule has 0 aliphatic heterocycles. The van der Waals surface area contributed by atoms with Crippen LogP contribution < -0.4 is 9.80 Å². The van der Waals surface area contributed by atoms with Crippen LogP contribution >= 0.6 is 0 Å². The van der Waals surface area contributed by atoms with Crippen LogP contribution in [-0.4, -0.2) is 5.11 Å². The maximum atomic E-state index is 13.0. The minimum absolute atomic E-state index is 0.180. The Kier molecular flexibility index (Phi) is 12.8. The molecule has 1 heterocycles. The topological polar surface area (TPSA) is 39.9 Å². The number of phenols is 1. The van der Waals surface area contributed by atoms with E-state index in [0.717, 1.165) is 102 Å². The van der Waals surface area contributed by atoms with E-state index in [9.17, 15) is 5.11 Å². The molecule has 392 valence electrons. The van der Waals surface area contributed by atoms with E-state index in [2.05, 4.69) is 271 Å². The summed E-state index contributed by atoms with van der Waals surface area (Å²) >= 11 is 0. The number of furan rings is 1. The maximum Gasteiger partial charge on any atom is 0.159 e. The largest absolute Gasteiger partial charge is 0.505 e. The highest BCUT2D eigenvalue weighted by molar-refractivity contribution is 6.30. The van der Waals surface area contributed by atoms with Crippen molar-refractivity contribution in [3.63, 3.8) is 0 Å². The molecule has 4 nitrogen and oxygen atoms in total. The van der Waals surface area contributed by atoms with E-state index in [-0.39, 0.29) is 17.6 Å². The molecule has 0 bridgehead atoms. The monoisotopic (exact) mass is 1040 g/mol. The third-order valence-corrected chi connectivity index (χ3v) is 16.7. The molecule has 0 saturated heterocycles. The van der Waals surface area contributed by atoms with E-state index in [1.54, 1.807) is 0 Å². The van der Waals surface area contributed by atoms with Gasteiger partial charge in [-0.1, -0.05) is 199 Å². The Morgan fingerprint density at radius 1 is 0.375 bits per heavy atom. The molecule has 13 rings (SSSR count). The third-order valence-electron chi connectivity index (χ3n) is 16.7. The highest BCUT2D eigenvalue weighted by Crippen LogP contribution is 2.54. The Hall–Kier alpha value is -9.12. The van der Waals surface area contributed by atoms with Gasteiger partial charge in [-0.05, 0) is 170 Å². The van der Waals surface area contributed by atoms with Crippen molar-refractivity contribution >= 4 is 88.4 Å². The first-order chi connectivity index (χ1) is 39.0. The van der Waals surface area contributed by atoms with E-state index >= 15 is 0 Å². The van der Waals surface area contributed by atoms with Gasteiger partial charge in [0.15, 0.2) is 5.58 Å². The molecule has 0 radical (unpaired) electrons. The smallest absolute Gasteiger partial charge is 0.159 e. The van der Waals surface area contributed by atoms with E-state index in [1.165, 1.54) is 60.5 Å².